The fraction of sp³-hybridized carbons (Fsp3) is 0.733. The van der Waals surface area contributed by atoms with Crippen molar-refractivity contribution in [3.05, 3.63) is 16.1 Å². The van der Waals surface area contributed by atoms with Crippen molar-refractivity contribution in [2.24, 2.45) is 11.8 Å². The number of amides is 1. The molecule has 2 aliphatic rings. The van der Waals surface area contributed by atoms with Crippen LogP contribution in [0.1, 0.15) is 49.4 Å². The molecule has 2 N–H and O–H groups in total. The maximum Gasteiger partial charge on any atom is 0.223 e. The SMILES string of the molecule is Cc1csc(C(NC(=O)[C@H]2CCN[C@@H](C)C2)C2CC2)n1.Cl. The molecule has 1 unspecified atom stereocenters. The number of hydrogen-bond donors (Lipinski definition) is 2. The summed E-state index contributed by atoms with van der Waals surface area (Å²) < 4.78 is 0. The van der Waals surface area contributed by atoms with Crippen molar-refractivity contribution in [1.82, 2.24) is 15.6 Å². The number of thiazole rings is 1. The van der Waals surface area contributed by atoms with Crippen LogP contribution in [-0.4, -0.2) is 23.5 Å². The third-order valence-electron chi connectivity index (χ3n) is 4.29. The van der Waals surface area contributed by atoms with Crippen molar-refractivity contribution in [1.29, 1.82) is 0 Å². The molecule has 1 saturated carbocycles. The van der Waals surface area contributed by atoms with Gasteiger partial charge in [0.05, 0.1) is 6.04 Å². The summed E-state index contributed by atoms with van der Waals surface area (Å²) in [6.07, 6.45) is 4.32. The summed E-state index contributed by atoms with van der Waals surface area (Å²) in [6.45, 7) is 5.12. The molecule has 118 valence electrons. The van der Waals surface area contributed by atoms with Crippen LogP contribution in [0.2, 0.25) is 0 Å². The predicted octanol–water partition coefficient (Wildman–Crippen LogP) is 2.83. The Morgan fingerprint density at radius 1 is 1.48 bits per heavy atom. The number of aromatic nitrogens is 1. The van der Waals surface area contributed by atoms with Crippen LogP contribution in [-0.2, 0) is 4.79 Å². The zero-order valence-corrected chi connectivity index (χ0v) is 14.2. The van der Waals surface area contributed by atoms with E-state index in [2.05, 4.69) is 27.9 Å². The highest BCUT2D eigenvalue weighted by atomic mass is 35.5. The molecular formula is C15H24ClN3OS. The van der Waals surface area contributed by atoms with Crippen LogP contribution in [0.5, 0.6) is 0 Å². The predicted molar refractivity (Wildman–Crippen MR) is 87.9 cm³/mol. The van der Waals surface area contributed by atoms with Gasteiger partial charge >= 0.3 is 0 Å². The Morgan fingerprint density at radius 2 is 2.24 bits per heavy atom. The second kappa shape index (κ2) is 7.07. The largest absolute Gasteiger partial charge is 0.346 e. The number of aryl methyl sites for hydroxylation is 1. The van der Waals surface area contributed by atoms with Crippen molar-refractivity contribution in [3.63, 3.8) is 0 Å². The zero-order valence-electron chi connectivity index (χ0n) is 12.6. The number of nitrogens with one attached hydrogen (secondary N) is 2. The number of hydrogen-bond acceptors (Lipinski definition) is 4. The molecule has 0 radical (unpaired) electrons. The standard InChI is InChI=1S/C15H23N3OS.ClH/c1-9-7-12(5-6-16-9)14(19)18-13(11-3-4-11)15-17-10(2)8-20-15;/h8-9,11-13,16H,3-7H2,1-2H3,(H,18,19);1H/t9-,12-,13?;/m0./s1. The maximum atomic E-state index is 12.5. The van der Waals surface area contributed by atoms with Gasteiger partial charge in [0, 0.05) is 23.0 Å². The van der Waals surface area contributed by atoms with Gasteiger partial charge in [-0.1, -0.05) is 0 Å². The minimum Gasteiger partial charge on any atom is -0.346 e. The van der Waals surface area contributed by atoms with Crippen LogP contribution in [0.15, 0.2) is 5.38 Å². The van der Waals surface area contributed by atoms with Crippen molar-refractivity contribution in [2.75, 3.05) is 6.54 Å². The van der Waals surface area contributed by atoms with E-state index >= 15 is 0 Å². The fourth-order valence-electron chi connectivity index (χ4n) is 2.97. The first-order valence-corrected chi connectivity index (χ1v) is 8.47. The summed E-state index contributed by atoms with van der Waals surface area (Å²) >= 11 is 1.68. The van der Waals surface area contributed by atoms with Crippen LogP contribution >= 0.6 is 23.7 Å². The second-order valence-electron chi connectivity index (χ2n) is 6.23. The molecule has 1 amide bonds. The average Bonchev–Trinajstić information content (AvgIpc) is 3.18. The molecule has 2 heterocycles. The van der Waals surface area contributed by atoms with Crippen molar-refractivity contribution < 1.29 is 4.79 Å². The number of carbonyl (C=O) groups excluding carboxylic acids is 1. The molecule has 0 aromatic carbocycles. The molecule has 21 heavy (non-hydrogen) atoms. The highest BCUT2D eigenvalue weighted by Gasteiger charge is 2.36. The molecule has 6 heteroatoms. The van der Waals surface area contributed by atoms with Crippen LogP contribution < -0.4 is 10.6 Å². The lowest BCUT2D eigenvalue weighted by Crippen LogP contribution is -2.43. The van der Waals surface area contributed by atoms with E-state index in [1.54, 1.807) is 11.3 Å². The van der Waals surface area contributed by atoms with Crippen molar-refractivity contribution in [2.45, 2.75) is 51.6 Å². The first-order chi connectivity index (χ1) is 9.63. The molecule has 1 saturated heterocycles. The summed E-state index contributed by atoms with van der Waals surface area (Å²) in [5.41, 5.74) is 1.06. The molecule has 1 aliphatic heterocycles. The van der Waals surface area contributed by atoms with E-state index in [9.17, 15) is 4.79 Å². The Hall–Kier alpha value is -0.650. The molecule has 1 aromatic rings. The summed E-state index contributed by atoms with van der Waals surface area (Å²) in [7, 11) is 0. The fourth-order valence-corrected chi connectivity index (χ4v) is 3.91. The van der Waals surface area contributed by atoms with Gasteiger partial charge in [-0.05, 0) is 52.0 Å². The van der Waals surface area contributed by atoms with Crippen LogP contribution in [0.25, 0.3) is 0 Å². The first-order valence-electron chi connectivity index (χ1n) is 7.59. The van der Waals surface area contributed by atoms with Crippen LogP contribution in [0.3, 0.4) is 0 Å². The van der Waals surface area contributed by atoms with Crippen molar-refractivity contribution >= 4 is 29.7 Å². The number of halogens is 1. The lowest BCUT2D eigenvalue weighted by molar-refractivity contribution is -0.127. The number of rotatable bonds is 4. The molecule has 3 atom stereocenters. The first kappa shape index (κ1) is 16.7. The Labute approximate surface area is 136 Å². The number of carbonyl (C=O) groups is 1. The monoisotopic (exact) mass is 329 g/mol. The molecule has 1 aliphatic carbocycles. The van der Waals surface area contributed by atoms with E-state index in [4.69, 9.17) is 0 Å². The highest BCUT2D eigenvalue weighted by molar-refractivity contribution is 7.09. The van der Waals surface area contributed by atoms with Gasteiger partial charge in [-0.25, -0.2) is 4.98 Å². The highest BCUT2D eigenvalue weighted by Crippen LogP contribution is 2.42. The third-order valence-corrected chi connectivity index (χ3v) is 5.33. The number of piperidine rings is 1. The van der Waals surface area contributed by atoms with Gasteiger partial charge in [-0.3, -0.25) is 4.79 Å². The van der Waals surface area contributed by atoms with Gasteiger partial charge in [0.15, 0.2) is 0 Å². The van der Waals surface area contributed by atoms with Gasteiger partial charge < -0.3 is 10.6 Å². The van der Waals surface area contributed by atoms with Gasteiger partial charge in [-0.15, -0.1) is 23.7 Å². The van der Waals surface area contributed by atoms with Gasteiger partial charge in [0.25, 0.3) is 0 Å². The van der Waals surface area contributed by atoms with Gasteiger partial charge in [-0.2, -0.15) is 0 Å². The summed E-state index contributed by atoms with van der Waals surface area (Å²) in [4.78, 5) is 17.1. The van der Waals surface area contributed by atoms with Crippen molar-refractivity contribution in [3.8, 4) is 0 Å². The van der Waals surface area contributed by atoms with Crippen LogP contribution in [0.4, 0.5) is 0 Å². The Bertz CT molecular complexity index is 489. The minimum absolute atomic E-state index is 0. The summed E-state index contributed by atoms with van der Waals surface area (Å²) in [6, 6.07) is 0.590. The summed E-state index contributed by atoms with van der Waals surface area (Å²) in [5, 5.41) is 9.84. The summed E-state index contributed by atoms with van der Waals surface area (Å²) in [5.74, 6) is 0.986. The Balaban J connectivity index is 0.00000161. The molecule has 2 fully saturated rings. The van der Waals surface area contributed by atoms with Gasteiger partial charge in [0.1, 0.15) is 5.01 Å². The Morgan fingerprint density at radius 3 is 2.81 bits per heavy atom. The molecule has 4 nitrogen and oxygen atoms in total. The maximum absolute atomic E-state index is 12.5. The second-order valence-corrected chi connectivity index (χ2v) is 7.12. The third kappa shape index (κ3) is 4.18. The quantitative estimate of drug-likeness (QED) is 0.893. The lowest BCUT2D eigenvalue weighted by Gasteiger charge is -2.28. The zero-order chi connectivity index (χ0) is 14.1. The minimum atomic E-state index is 0. The molecule has 1 aromatic heterocycles. The molecule has 0 bridgehead atoms. The normalized spacial score (nSPS) is 26.8. The molecular weight excluding hydrogens is 306 g/mol. The van der Waals surface area contributed by atoms with E-state index in [-0.39, 0.29) is 30.3 Å². The van der Waals surface area contributed by atoms with Gasteiger partial charge in [0.2, 0.25) is 5.91 Å². The number of nitrogens with zero attached hydrogens (tertiary/aromatic N) is 1. The average molecular weight is 330 g/mol. The molecule has 0 spiro atoms. The molecule has 3 rings (SSSR count). The lowest BCUT2D eigenvalue weighted by atomic mass is 9.92. The van der Waals surface area contributed by atoms with E-state index in [1.807, 2.05) is 6.92 Å². The van der Waals surface area contributed by atoms with E-state index in [1.165, 1.54) is 12.8 Å². The Kier molecular flexibility index (Phi) is 5.63. The van der Waals surface area contributed by atoms with E-state index in [0.717, 1.165) is 30.1 Å². The van der Waals surface area contributed by atoms with E-state index in [0.29, 0.717) is 12.0 Å². The van der Waals surface area contributed by atoms with E-state index < -0.39 is 0 Å². The topological polar surface area (TPSA) is 54.0 Å². The van der Waals surface area contributed by atoms with Crippen LogP contribution in [0, 0.1) is 18.8 Å². The smallest absolute Gasteiger partial charge is 0.223 e.